The molecule has 1 atom stereocenters. The van der Waals surface area contributed by atoms with Gasteiger partial charge in [-0.3, -0.25) is 19.5 Å². The average Bonchev–Trinajstić information content (AvgIpc) is 3.63. The van der Waals surface area contributed by atoms with E-state index < -0.39 is 18.7 Å². The second-order valence-electron chi connectivity index (χ2n) is 10.7. The number of alkyl halides is 3. The fraction of sp³-hybridized carbons (Fsp3) is 0.258. The van der Waals surface area contributed by atoms with Gasteiger partial charge in [-0.05, 0) is 78.6 Å². The van der Waals surface area contributed by atoms with Crippen molar-refractivity contribution in [1.29, 1.82) is 0 Å². The van der Waals surface area contributed by atoms with Crippen molar-refractivity contribution in [2.75, 3.05) is 28.0 Å². The standard InChI is InChI=1S/C31H30F3N7O4S/c1-18(2)24-14-5-19(3)15-25(24)41-26(42)16-46-30(41)37-29(44)36-21-8-6-20(7-9-21)27(43)39(4)28-35-17-40(38-28)22-10-12-23(13-11-22)45-31(32,33)34/h5-15,17-18,28,38H,16H2,1-4H3,(H,36,44)/b37-30-. The number of anilines is 3. The molecule has 11 nitrogen and oxygen atoms in total. The highest BCUT2D eigenvalue weighted by atomic mass is 32.2. The van der Waals surface area contributed by atoms with Gasteiger partial charge in [0.05, 0.1) is 17.1 Å². The number of ether oxygens (including phenoxy) is 1. The number of carbonyl (C=O) groups is 3. The van der Waals surface area contributed by atoms with Crippen LogP contribution in [-0.4, -0.2) is 59.7 Å². The van der Waals surface area contributed by atoms with Crippen LogP contribution in [0, 0.1) is 6.92 Å². The first-order chi connectivity index (χ1) is 21.8. The highest BCUT2D eigenvalue weighted by Crippen LogP contribution is 2.34. The Labute approximate surface area is 267 Å². The number of aryl methyl sites for hydroxylation is 1. The maximum atomic E-state index is 13.1. The molecule has 2 heterocycles. The van der Waals surface area contributed by atoms with Gasteiger partial charge in [0.1, 0.15) is 12.1 Å². The van der Waals surface area contributed by atoms with Gasteiger partial charge >= 0.3 is 12.4 Å². The summed E-state index contributed by atoms with van der Waals surface area (Å²) in [5, 5.41) is 4.43. The molecule has 0 radical (unpaired) electrons. The fourth-order valence-corrected chi connectivity index (χ4v) is 5.58. The molecule has 1 saturated heterocycles. The van der Waals surface area contributed by atoms with E-state index in [2.05, 4.69) is 25.5 Å². The third-order valence-corrected chi connectivity index (χ3v) is 7.93. The molecule has 4 amide bonds. The van der Waals surface area contributed by atoms with Crippen molar-refractivity contribution in [3.63, 3.8) is 0 Å². The summed E-state index contributed by atoms with van der Waals surface area (Å²) in [6, 6.07) is 16.6. The fourth-order valence-electron chi connectivity index (χ4n) is 4.72. The zero-order valence-corrected chi connectivity index (χ0v) is 26.0. The van der Waals surface area contributed by atoms with Gasteiger partial charge in [0.25, 0.3) is 5.91 Å². The number of hydrazine groups is 1. The molecule has 3 aromatic carbocycles. The average molecular weight is 654 g/mol. The summed E-state index contributed by atoms with van der Waals surface area (Å²) < 4.78 is 41.2. The quantitative estimate of drug-likeness (QED) is 0.317. The van der Waals surface area contributed by atoms with Crippen LogP contribution in [0.3, 0.4) is 0 Å². The lowest BCUT2D eigenvalue weighted by Crippen LogP contribution is -2.47. The van der Waals surface area contributed by atoms with E-state index in [9.17, 15) is 27.6 Å². The van der Waals surface area contributed by atoms with Gasteiger partial charge in [0, 0.05) is 18.3 Å². The Morgan fingerprint density at radius 3 is 2.46 bits per heavy atom. The molecule has 0 bridgehead atoms. The van der Waals surface area contributed by atoms with E-state index in [1.54, 1.807) is 24.3 Å². The van der Waals surface area contributed by atoms with Crippen molar-refractivity contribution in [3.05, 3.63) is 83.4 Å². The van der Waals surface area contributed by atoms with Gasteiger partial charge in [-0.25, -0.2) is 9.79 Å². The summed E-state index contributed by atoms with van der Waals surface area (Å²) >= 11 is 1.19. The van der Waals surface area contributed by atoms with Crippen LogP contribution in [0.4, 0.5) is 35.0 Å². The molecule has 0 aromatic heterocycles. The molecule has 46 heavy (non-hydrogen) atoms. The first kappa shape index (κ1) is 32.5. The van der Waals surface area contributed by atoms with Crippen LogP contribution in [0.1, 0.15) is 41.3 Å². The number of urea groups is 1. The highest BCUT2D eigenvalue weighted by Gasteiger charge is 2.33. The van der Waals surface area contributed by atoms with Crippen LogP contribution in [0.5, 0.6) is 5.75 Å². The zero-order valence-electron chi connectivity index (χ0n) is 25.2. The van der Waals surface area contributed by atoms with Gasteiger partial charge in [-0.1, -0.05) is 37.7 Å². The van der Waals surface area contributed by atoms with E-state index in [1.165, 1.54) is 64.2 Å². The number of hydrogen-bond donors (Lipinski definition) is 2. The Balaban J connectivity index is 1.20. The van der Waals surface area contributed by atoms with Crippen LogP contribution in [0.2, 0.25) is 0 Å². The topological polar surface area (TPSA) is 119 Å². The molecule has 0 saturated carbocycles. The zero-order chi connectivity index (χ0) is 33.2. The van der Waals surface area contributed by atoms with Gasteiger partial charge in [-0.2, -0.15) is 10.4 Å². The van der Waals surface area contributed by atoms with Crippen molar-refractivity contribution >= 4 is 58.2 Å². The smallest absolute Gasteiger partial charge is 0.406 e. The lowest BCUT2D eigenvalue weighted by molar-refractivity contribution is -0.274. The number of amidine groups is 1. The summed E-state index contributed by atoms with van der Waals surface area (Å²) in [5.41, 5.74) is 6.84. The molecule has 2 N–H and O–H groups in total. The molecule has 0 aliphatic carbocycles. The van der Waals surface area contributed by atoms with Crippen molar-refractivity contribution in [2.24, 2.45) is 9.98 Å². The SMILES string of the molecule is Cc1ccc(C(C)C)c(N2C(=O)CS/C2=N\C(=O)Nc2ccc(C(=O)N(C)C3N=CN(c4ccc(OC(F)(F)F)cc4)N3)cc2)c1. The second-order valence-corrected chi connectivity index (χ2v) is 11.7. The monoisotopic (exact) mass is 653 g/mol. The van der Waals surface area contributed by atoms with Gasteiger partial charge in [-0.15, -0.1) is 13.2 Å². The van der Waals surface area contributed by atoms with E-state index in [4.69, 9.17) is 0 Å². The summed E-state index contributed by atoms with van der Waals surface area (Å²) in [5.74, 6) is -0.571. The number of thioether (sulfide) groups is 1. The molecular formula is C31H30F3N7O4S. The van der Waals surface area contributed by atoms with Crippen LogP contribution in [0.25, 0.3) is 0 Å². The Hall–Kier alpha value is -4.89. The van der Waals surface area contributed by atoms with Gasteiger partial charge < -0.3 is 15.0 Å². The second kappa shape index (κ2) is 13.2. The predicted molar refractivity (Wildman–Crippen MR) is 171 cm³/mol. The van der Waals surface area contributed by atoms with Crippen LogP contribution >= 0.6 is 11.8 Å². The molecule has 240 valence electrons. The summed E-state index contributed by atoms with van der Waals surface area (Å²) in [7, 11) is 1.54. The maximum absolute atomic E-state index is 13.1. The van der Waals surface area contributed by atoms with Crippen molar-refractivity contribution < 1.29 is 32.3 Å². The lowest BCUT2D eigenvalue weighted by atomic mass is 9.99. The maximum Gasteiger partial charge on any atom is 0.573 e. The van der Waals surface area contributed by atoms with Crippen LogP contribution in [-0.2, 0) is 4.79 Å². The molecular weight excluding hydrogens is 623 g/mol. The van der Waals surface area contributed by atoms with E-state index in [1.807, 2.05) is 39.0 Å². The number of rotatable bonds is 7. The Morgan fingerprint density at radius 2 is 1.80 bits per heavy atom. The minimum Gasteiger partial charge on any atom is -0.406 e. The van der Waals surface area contributed by atoms with Crippen LogP contribution in [0.15, 0.2) is 76.7 Å². The molecule has 0 spiro atoms. The minimum atomic E-state index is -4.79. The predicted octanol–water partition coefficient (Wildman–Crippen LogP) is 6.09. The van der Waals surface area contributed by atoms with Crippen molar-refractivity contribution in [3.8, 4) is 5.75 Å². The van der Waals surface area contributed by atoms with E-state index in [0.29, 0.717) is 22.6 Å². The summed E-state index contributed by atoms with van der Waals surface area (Å²) in [6.07, 6.45) is -4.17. The molecule has 1 fully saturated rings. The number of amides is 4. The summed E-state index contributed by atoms with van der Waals surface area (Å²) in [4.78, 5) is 50.1. The van der Waals surface area contributed by atoms with Crippen LogP contribution < -0.4 is 25.4 Å². The molecule has 2 aliphatic rings. The Morgan fingerprint density at radius 1 is 1.11 bits per heavy atom. The molecule has 1 unspecified atom stereocenters. The molecule has 2 aliphatic heterocycles. The molecule has 5 rings (SSSR count). The van der Waals surface area contributed by atoms with E-state index in [0.717, 1.165) is 11.1 Å². The first-order valence-electron chi connectivity index (χ1n) is 14.1. The normalized spacial score (nSPS) is 17.3. The summed E-state index contributed by atoms with van der Waals surface area (Å²) in [6.45, 7) is 6.00. The Kier molecular flexibility index (Phi) is 9.34. The van der Waals surface area contributed by atoms with E-state index >= 15 is 0 Å². The molecule has 15 heteroatoms. The third-order valence-electron chi connectivity index (χ3n) is 7.01. The number of aliphatic imine (C=N–C) groups is 2. The number of halogens is 3. The highest BCUT2D eigenvalue weighted by molar-refractivity contribution is 8.15. The first-order valence-corrected chi connectivity index (χ1v) is 15.1. The number of nitrogens with zero attached hydrogens (tertiary/aromatic N) is 5. The number of benzene rings is 3. The van der Waals surface area contributed by atoms with Gasteiger partial charge in [0.2, 0.25) is 5.91 Å². The van der Waals surface area contributed by atoms with Gasteiger partial charge in [0.15, 0.2) is 11.5 Å². The Bertz CT molecular complexity index is 1700. The number of hydrogen-bond acceptors (Lipinski definition) is 8. The minimum absolute atomic E-state index is 0.155. The molecule has 3 aromatic rings. The number of carbonyl (C=O) groups excluding carboxylic acids is 3. The van der Waals surface area contributed by atoms with Crippen molar-refractivity contribution in [1.82, 2.24) is 10.3 Å². The van der Waals surface area contributed by atoms with E-state index in [-0.39, 0.29) is 34.4 Å². The number of nitrogens with one attached hydrogen (secondary N) is 2. The lowest BCUT2D eigenvalue weighted by Gasteiger charge is -2.25. The van der Waals surface area contributed by atoms with Crippen molar-refractivity contribution in [2.45, 2.75) is 39.3 Å². The third kappa shape index (κ3) is 7.49. The largest absolute Gasteiger partial charge is 0.573 e.